The van der Waals surface area contributed by atoms with E-state index in [9.17, 15) is 20.4 Å². The molecule has 8 rings (SSSR count). The van der Waals surface area contributed by atoms with Crippen molar-refractivity contribution < 1.29 is 24.8 Å². The molecule has 43 heavy (non-hydrogen) atoms. The zero-order valence-corrected chi connectivity index (χ0v) is 22.7. The molecule has 0 unspecified atom stereocenters. The Kier molecular flexibility index (Phi) is 5.37. The first-order chi connectivity index (χ1) is 21.0. The van der Waals surface area contributed by atoms with Gasteiger partial charge in [0.15, 0.2) is 11.5 Å². The molecule has 5 nitrogen and oxygen atoms in total. The quantitative estimate of drug-likeness (QED) is 0.0980. The lowest BCUT2D eigenvalue weighted by Crippen LogP contribution is -1.93. The van der Waals surface area contributed by atoms with E-state index in [1.807, 2.05) is 121 Å². The van der Waals surface area contributed by atoms with Gasteiger partial charge in [-0.2, -0.15) is 0 Å². The van der Waals surface area contributed by atoms with Crippen molar-refractivity contribution in [2.45, 2.75) is 0 Å². The Labute approximate surface area is 245 Å². The van der Waals surface area contributed by atoms with E-state index < -0.39 is 23.0 Å². The fourth-order valence-electron chi connectivity index (χ4n) is 6.46. The summed E-state index contributed by atoms with van der Waals surface area (Å²) in [5.74, 6) is -2.58. The Balaban J connectivity index is 1.59. The summed E-state index contributed by atoms with van der Waals surface area (Å²) >= 11 is 0. The molecule has 0 spiro atoms. The highest BCUT2D eigenvalue weighted by molar-refractivity contribution is 6.29. The second-order valence-corrected chi connectivity index (χ2v) is 10.6. The summed E-state index contributed by atoms with van der Waals surface area (Å²) in [5, 5.41) is 48.3. The largest absolute Gasteiger partial charge is 0.504 e. The van der Waals surface area contributed by atoms with Crippen LogP contribution in [0.4, 0.5) is 0 Å². The molecule has 0 saturated heterocycles. The molecule has 7 aromatic carbocycles. The third-order valence-electron chi connectivity index (χ3n) is 8.30. The summed E-state index contributed by atoms with van der Waals surface area (Å²) in [7, 11) is 0. The van der Waals surface area contributed by atoms with Gasteiger partial charge in [0.2, 0.25) is 11.5 Å². The minimum Gasteiger partial charge on any atom is -0.504 e. The SMILES string of the molecule is Oc1c(O)c(O)c2c(-c3cccc4oc5c(-c6ccccc6)cccc5c34)c3ccccc3c(-c3ccccc3)c2c1O. The van der Waals surface area contributed by atoms with Gasteiger partial charge in [-0.3, -0.25) is 0 Å². The van der Waals surface area contributed by atoms with Crippen LogP contribution in [-0.2, 0) is 0 Å². The number of phenolic OH excluding ortho intramolecular Hbond substituents is 4. The monoisotopic (exact) mass is 560 g/mol. The maximum atomic E-state index is 11.5. The molecule has 1 aromatic heterocycles. The van der Waals surface area contributed by atoms with Gasteiger partial charge in [0.05, 0.1) is 0 Å². The van der Waals surface area contributed by atoms with E-state index in [1.54, 1.807) is 0 Å². The summed E-state index contributed by atoms with van der Waals surface area (Å²) in [6, 6.07) is 39.1. The van der Waals surface area contributed by atoms with Crippen LogP contribution in [0.25, 0.3) is 76.9 Å². The van der Waals surface area contributed by atoms with E-state index in [4.69, 9.17) is 4.42 Å². The van der Waals surface area contributed by atoms with Crippen LogP contribution >= 0.6 is 0 Å². The first kappa shape index (κ1) is 24.8. The molecule has 0 saturated carbocycles. The van der Waals surface area contributed by atoms with Gasteiger partial charge in [0.25, 0.3) is 0 Å². The van der Waals surface area contributed by atoms with Gasteiger partial charge in [-0.25, -0.2) is 0 Å². The topological polar surface area (TPSA) is 94.1 Å². The van der Waals surface area contributed by atoms with E-state index in [-0.39, 0.29) is 10.8 Å². The predicted octanol–water partition coefficient (Wildman–Crippen LogP) is 9.72. The second kappa shape index (κ2) is 9.29. The summed E-state index contributed by atoms with van der Waals surface area (Å²) in [6.45, 7) is 0. The van der Waals surface area contributed by atoms with E-state index in [0.29, 0.717) is 16.7 Å². The van der Waals surface area contributed by atoms with E-state index >= 15 is 0 Å². The standard InChI is InChI=1S/C38H24O5/c39-34-32-29(22-13-5-2-6-14-22)24-15-7-8-16-25(24)31(33(32)35(40)37(42)36(34)41)26-18-10-20-28-30(26)27-19-9-17-23(38(27)43-28)21-11-3-1-4-12-21/h1-20,39-42H. The van der Waals surface area contributed by atoms with Crippen LogP contribution in [0.5, 0.6) is 23.0 Å². The second-order valence-electron chi connectivity index (χ2n) is 10.6. The number of aromatic hydroxyl groups is 4. The molecular weight excluding hydrogens is 536 g/mol. The highest BCUT2D eigenvalue weighted by atomic mass is 16.3. The molecule has 5 heteroatoms. The molecule has 0 bridgehead atoms. The highest BCUT2D eigenvalue weighted by Gasteiger charge is 2.28. The summed E-state index contributed by atoms with van der Waals surface area (Å²) in [5.41, 5.74) is 6.15. The number of rotatable bonds is 3. The lowest BCUT2D eigenvalue weighted by molar-refractivity contribution is 0.351. The smallest absolute Gasteiger partial charge is 0.204 e. The molecule has 0 aliphatic carbocycles. The predicted molar refractivity (Wildman–Crippen MR) is 172 cm³/mol. The molecule has 1 heterocycles. The molecule has 0 radical (unpaired) electrons. The molecule has 0 aliphatic rings. The van der Waals surface area contributed by atoms with Gasteiger partial charge < -0.3 is 24.8 Å². The van der Waals surface area contributed by atoms with Crippen molar-refractivity contribution in [2.24, 2.45) is 0 Å². The Hall–Kier alpha value is -5.94. The average Bonchev–Trinajstić information content (AvgIpc) is 3.45. The molecule has 0 aliphatic heterocycles. The molecule has 0 amide bonds. The maximum Gasteiger partial charge on any atom is 0.204 e. The highest BCUT2D eigenvalue weighted by Crippen LogP contribution is 2.57. The van der Waals surface area contributed by atoms with Crippen LogP contribution in [0.2, 0.25) is 0 Å². The first-order valence-electron chi connectivity index (χ1n) is 13.9. The fourth-order valence-corrected chi connectivity index (χ4v) is 6.46. The summed E-state index contributed by atoms with van der Waals surface area (Å²) in [6.07, 6.45) is 0. The number of fused-ring (bicyclic) bond motifs is 5. The summed E-state index contributed by atoms with van der Waals surface area (Å²) in [4.78, 5) is 0. The van der Waals surface area contributed by atoms with Crippen LogP contribution in [0.15, 0.2) is 126 Å². The van der Waals surface area contributed by atoms with Gasteiger partial charge in [0, 0.05) is 38.2 Å². The van der Waals surface area contributed by atoms with Crippen molar-refractivity contribution in [3.05, 3.63) is 121 Å². The van der Waals surface area contributed by atoms with Crippen molar-refractivity contribution in [2.75, 3.05) is 0 Å². The third kappa shape index (κ3) is 3.52. The molecular formula is C38H24O5. The number of hydrogen-bond acceptors (Lipinski definition) is 5. The van der Waals surface area contributed by atoms with Crippen molar-refractivity contribution in [1.29, 1.82) is 0 Å². The van der Waals surface area contributed by atoms with Gasteiger partial charge in [-0.15, -0.1) is 0 Å². The molecule has 4 N–H and O–H groups in total. The van der Waals surface area contributed by atoms with E-state index in [0.717, 1.165) is 49.4 Å². The first-order valence-corrected chi connectivity index (χ1v) is 13.9. The van der Waals surface area contributed by atoms with Gasteiger partial charge in [-0.05, 0) is 33.5 Å². The Morgan fingerprint density at radius 1 is 0.372 bits per heavy atom. The van der Waals surface area contributed by atoms with Crippen molar-refractivity contribution in [3.63, 3.8) is 0 Å². The lowest BCUT2D eigenvalue weighted by atomic mass is 9.84. The molecule has 8 aromatic rings. The third-order valence-corrected chi connectivity index (χ3v) is 8.30. The fraction of sp³-hybridized carbons (Fsp3) is 0. The Morgan fingerprint density at radius 3 is 1.56 bits per heavy atom. The minimum absolute atomic E-state index is 0.228. The van der Waals surface area contributed by atoms with Gasteiger partial charge >= 0.3 is 0 Å². The van der Waals surface area contributed by atoms with E-state index in [2.05, 4.69) is 0 Å². The van der Waals surface area contributed by atoms with Crippen LogP contribution in [0, 0.1) is 0 Å². The zero-order chi connectivity index (χ0) is 29.2. The number of hydrogen-bond donors (Lipinski definition) is 4. The number of para-hydroxylation sites is 1. The van der Waals surface area contributed by atoms with Gasteiger partial charge in [0.1, 0.15) is 11.2 Å². The molecule has 206 valence electrons. The Morgan fingerprint density at radius 2 is 0.884 bits per heavy atom. The number of furan rings is 1. The maximum absolute atomic E-state index is 11.5. The van der Waals surface area contributed by atoms with Crippen LogP contribution in [-0.4, -0.2) is 20.4 Å². The molecule has 0 atom stereocenters. The van der Waals surface area contributed by atoms with Crippen LogP contribution < -0.4 is 0 Å². The van der Waals surface area contributed by atoms with Crippen LogP contribution in [0.1, 0.15) is 0 Å². The van der Waals surface area contributed by atoms with Gasteiger partial charge in [-0.1, -0.05) is 115 Å². The van der Waals surface area contributed by atoms with Crippen molar-refractivity contribution in [3.8, 4) is 56.4 Å². The minimum atomic E-state index is -0.781. The average molecular weight is 561 g/mol. The Bertz CT molecular complexity index is 2370. The number of benzene rings is 7. The lowest BCUT2D eigenvalue weighted by Gasteiger charge is -2.20. The zero-order valence-electron chi connectivity index (χ0n) is 22.7. The normalized spacial score (nSPS) is 11.6. The van der Waals surface area contributed by atoms with Crippen molar-refractivity contribution >= 4 is 43.5 Å². The summed E-state index contributed by atoms with van der Waals surface area (Å²) < 4.78 is 6.51. The number of phenols is 4. The van der Waals surface area contributed by atoms with Crippen LogP contribution in [0.3, 0.4) is 0 Å². The van der Waals surface area contributed by atoms with E-state index in [1.165, 1.54) is 0 Å². The molecule has 0 fully saturated rings. The van der Waals surface area contributed by atoms with Crippen molar-refractivity contribution in [1.82, 2.24) is 0 Å².